The Morgan fingerprint density at radius 2 is 2.05 bits per heavy atom. The molecule has 1 saturated carbocycles. The minimum Gasteiger partial charge on any atom is -0.438 e. The second kappa shape index (κ2) is 5.60. The predicted molar refractivity (Wildman–Crippen MR) is 82.5 cm³/mol. The van der Waals surface area contributed by atoms with Gasteiger partial charge in [0.1, 0.15) is 23.2 Å². The molecule has 4 nitrogen and oxygen atoms in total. The smallest absolute Gasteiger partial charge is 0.227 e. The molecule has 1 fully saturated rings. The maximum atomic E-state index is 13.4. The molecule has 0 aliphatic heterocycles. The van der Waals surface area contributed by atoms with Gasteiger partial charge in [-0.2, -0.15) is 4.98 Å². The molecule has 1 aromatic carbocycles. The van der Waals surface area contributed by atoms with E-state index in [-0.39, 0.29) is 5.82 Å². The molecule has 110 valence electrons. The highest BCUT2D eigenvalue weighted by atomic mass is 79.9. The van der Waals surface area contributed by atoms with Gasteiger partial charge in [0.2, 0.25) is 5.88 Å². The van der Waals surface area contributed by atoms with E-state index < -0.39 is 0 Å². The van der Waals surface area contributed by atoms with E-state index >= 15 is 0 Å². The Morgan fingerprint density at radius 3 is 2.67 bits per heavy atom. The monoisotopic (exact) mass is 351 g/mol. The third-order valence-electron chi connectivity index (χ3n) is 3.35. The fraction of sp³-hybridized carbons (Fsp3) is 0.333. The first-order valence-electron chi connectivity index (χ1n) is 6.77. The molecular formula is C15H15BrFN3O. The minimum atomic E-state index is -0.359. The summed E-state index contributed by atoms with van der Waals surface area (Å²) in [5, 5.41) is 3.05. The lowest BCUT2D eigenvalue weighted by Gasteiger charge is -2.13. The summed E-state index contributed by atoms with van der Waals surface area (Å²) in [5.74, 6) is 2.47. The van der Waals surface area contributed by atoms with Crippen molar-refractivity contribution in [2.45, 2.75) is 25.7 Å². The van der Waals surface area contributed by atoms with Crippen LogP contribution in [0.5, 0.6) is 11.6 Å². The van der Waals surface area contributed by atoms with Crippen molar-refractivity contribution < 1.29 is 9.13 Å². The maximum absolute atomic E-state index is 13.4. The number of ether oxygens (including phenoxy) is 1. The second-order valence-electron chi connectivity index (χ2n) is 5.09. The number of aromatic nitrogens is 2. The van der Waals surface area contributed by atoms with Crippen LogP contribution >= 0.6 is 15.9 Å². The van der Waals surface area contributed by atoms with Crippen LogP contribution in [-0.4, -0.2) is 17.0 Å². The van der Waals surface area contributed by atoms with Crippen molar-refractivity contribution in [2.24, 2.45) is 0 Å². The van der Waals surface area contributed by atoms with Gasteiger partial charge in [0.15, 0.2) is 0 Å². The molecule has 0 bridgehead atoms. The SMILES string of the molecule is CNc1nc(C2CC2)nc(Oc2cc(F)cc(Br)c2)c1C. The van der Waals surface area contributed by atoms with Crippen LogP contribution in [0.3, 0.4) is 0 Å². The quantitative estimate of drug-likeness (QED) is 0.886. The Balaban J connectivity index is 1.98. The molecule has 0 radical (unpaired) electrons. The molecule has 1 aliphatic carbocycles. The van der Waals surface area contributed by atoms with Crippen molar-refractivity contribution in [2.75, 3.05) is 12.4 Å². The molecule has 0 spiro atoms. The number of hydrogen-bond donors (Lipinski definition) is 1. The van der Waals surface area contributed by atoms with E-state index in [9.17, 15) is 4.39 Å². The van der Waals surface area contributed by atoms with Crippen LogP contribution < -0.4 is 10.1 Å². The van der Waals surface area contributed by atoms with Crippen LogP contribution in [0.15, 0.2) is 22.7 Å². The molecule has 0 unspecified atom stereocenters. The topological polar surface area (TPSA) is 47.0 Å². The minimum absolute atomic E-state index is 0.359. The summed E-state index contributed by atoms with van der Waals surface area (Å²) in [6.07, 6.45) is 2.22. The Labute approximate surface area is 130 Å². The lowest BCUT2D eigenvalue weighted by atomic mass is 10.3. The normalized spacial score (nSPS) is 14.1. The van der Waals surface area contributed by atoms with Crippen molar-refractivity contribution in [3.63, 3.8) is 0 Å². The van der Waals surface area contributed by atoms with Crippen molar-refractivity contribution in [1.29, 1.82) is 0 Å². The van der Waals surface area contributed by atoms with Gasteiger partial charge in [0.05, 0.1) is 5.56 Å². The standard InChI is InChI=1S/C15H15BrFN3O/c1-8-13(18-2)19-14(9-3-4-9)20-15(8)21-12-6-10(16)5-11(17)7-12/h5-7,9H,3-4H2,1-2H3,(H,18,19,20). The first kappa shape index (κ1) is 14.3. The third-order valence-corrected chi connectivity index (χ3v) is 3.81. The van der Waals surface area contributed by atoms with E-state index in [0.717, 1.165) is 30.0 Å². The second-order valence-corrected chi connectivity index (χ2v) is 6.01. The summed E-state index contributed by atoms with van der Waals surface area (Å²) in [6.45, 7) is 1.88. The molecule has 1 aliphatic rings. The Bertz CT molecular complexity index is 669. The highest BCUT2D eigenvalue weighted by Crippen LogP contribution is 2.40. The molecule has 0 saturated heterocycles. The number of anilines is 1. The largest absolute Gasteiger partial charge is 0.438 e. The van der Waals surface area contributed by atoms with E-state index in [1.165, 1.54) is 12.1 Å². The highest BCUT2D eigenvalue weighted by Gasteiger charge is 2.28. The first-order chi connectivity index (χ1) is 10.1. The number of benzene rings is 1. The van der Waals surface area contributed by atoms with Crippen LogP contribution in [0.25, 0.3) is 0 Å². The summed E-state index contributed by atoms with van der Waals surface area (Å²) < 4.78 is 19.8. The number of nitrogens with one attached hydrogen (secondary N) is 1. The number of nitrogens with zero attached hydrogens (tertiary/aromatic N) is 2. The third kappa shape index (κ3) is 3.15. The van der Waals surface area contributed by atoms with Gasteiger partial charge in [-0.25, -0.2) is 9.37 Å². The number of halogens is 2. The number of rotatable bonds is 4. The van der Waals surface area contributed by atoms with Gasteiger partial charge in [0.25, 0.3) is 0 Å². The van der Waals surface area contributed by atoms with Gasteiger partial charge in [-0.1, -0.05) is 15.9 Å². The zero-order valence-corrected chi connectivity index (χ0v) is 13.4. The summed E-state index contributed by atoms with van der Waals surface area (Å²) in [4.78, 5) is 8.99. The van der Waals surface area contributed by atoms with Gasteiger partial charge in [-0.15, -0.1) is 0 Å². The highest BCUT2D eigenvalue weighted by molar-refractivity contribution is 9.10. The van der Waals surface area contributed by atoms with E-state index in [2.05, 4.69) is 31.2 Å². The molecule has 1 N–H and O–H groups in total. The van der Waals surface area contributed by atoms with Crippen molar-refractivity contribution in [3.8, 4) is 11.6 Å². The van der Waals surface area contributed by atoms with Crippen molar-refractivity contribution >= 4 is 21.7 Å². The van der Waals surface area contributed by atoms with E-state index in [1.807, 2.05) is 14.0 Å². The molecule has 3 rings (SSSR count). The molecule has 1 aromatic heterocycles. The molecule has 0 atom stereocenters. The van der Waals surface area contributed by atoms with Gasteiger partial charge in [-0.3, -0.25) is 0 Å². The predicted octanol–water partition coefficient (Wildman–Crippen LogP) is 4.40. The van der Waals surface area contributed by atoms with Gasteiger partial charge >= 0.3 is 0 Å². The van der Waals surface area contributed by atoms with Crippen molar-refractivity contribution in [1.82, 2.24) is 9.97 Å². The summed E-state index contributed by atoms with van der Waals surface area (Å²) in [6, 6.07) is 4.43. The lowest BCUT2D eigenvalue weighted by Crippen LogP contribution is -2.04. The van der Waals surface area contributed by atoms with Crippen LogP contribution in [0, 0.1) is 12.7 Å². The van der Waals surface area contributed by atoms with E-state index in [1.54, 1.807) is 6.07 Å². The maximum Gasteiger partial charge on any atom is 0.227 e. The lowest BCUT2D eigenvalue weighted by molar-refractivity contribution is 0.450. The fourth-order valence-corrected chi connectivity index (χ4v) is 2.52. The van der Waals surface area contributed by atoms with E-state index in [4.69, 9.17) is 4.74 Å². The number of hydrogen-bond acceptors (Lipinski definition) is 4. The zero-order chi connectivity index (χ0) is 15.0. The van der Waals surface area contributed by atoms with E-state index in [0.29, 0.717) is 22.0 Å². The summed E-state index contributed by atoms with van der Waals surface area (Å²) in [5.41, 5.74) is 0.808. The van der Waals surface area contributed by atoms with Gasteiger partial charge < -0.3 is 10.1 Å². The molecule has 0 amide bonds. The van der Waals surface area contributed by atoms with Crippen LogP contribution in [0.2, 0.25) is 0 Å². The Hall–Kier alpha value is -1.69. The molecule has 21 heavy (non-hydrogen) atoms. The van der Waals surface area contributed by atoms with Gasteiger partial charge in [0, 0.05) is 23.5 Å². The van der Waals surface area contributed by atoms with Crippen LogP contribution in [0.1, 0.15) is 30.1 Å². The Kier molecular flexibility index (Phi) is 3.80. The van der Waals surface area contributed by atoms with Crippen LogP contribution in [0.4, 0.5) is 10.2 Å². The molecule has 2 aromatic rings. The molecular weight excluding hydrogens is 337 g/mol. The average molecular weight is 352 g/mol. The summed E-state index contributed by atoms with van der Waals surface area (Å²) in [7, 11) is 1.81. The summed E-state index contributed by atoms with van der Waals surface area (Å²) >= 11 is 3.26. The fourth-order valence-electron chi connectivity index (χ4n) is 2.08. The average Bonchev–Trinajstić information content (AvgIpc) is 3.24. The molecule has 6 heteroatoms. The van der Waals surface area contributed by atoms with Crippen LogP contribution in [-0.2, 0) is 0 Å². The van der Waals surface area contributed by atoms with Gasteiger partial charge in [-0.05, 0) is 31.9 Å². The van der Waals surface area contributed by atoms with Crippen molar-refractivity contribution in [3.05, 3.63) is 39.9 Å². The zero-order valence-electron chi connectivity index (χ0n) is 11.8. The molecule has 1 heterocycles. The first-order valence-corrected chi connectivity index (χ1v) is 7.56. The Morgan fingerprint density at radius 1 is 1.29 bits per heavy atom.